The van der Waals surface area contributed by atoms with E-state index in [1.807, 2.05) is 18.7 Å². The molecule has 1 unspecified atom stereocenters. The van der Waals surface area contributed by atoms with Crippen molar-refractivity contribution in [3.63, 3.8) is 0 Å². The summed E-state index contributed by atoms with van der Waals surface area (Å²) in [6.07, 6.45) is 4.22. The lowest BCUT2D eigenvalue weighted by Gasteiger charge is -2.35. The van der Waals surface area contributed by atoms with Crippen LogP contribution in [0, 0.1) is 13.8 Å². The van der Waals surface area contributed by atoms with Crippen LogP contribution in [0.25, 0.3) is 0 Å². The molecule has 1 saturated heterocycles. The van der Waals surface area contributed by atoms with Gasteiger partial charge in [0.2, 0.25) is 0 Å². The Hall–Kier alpha value is -2.34. The van der Waals surface area contributed by atoms with E-state index in [-0.39, 0.29) is 10.8 Å². The number of amides is 1. The molecule has 1 aliphatic rings. The second kappa shape index (κ2) is 8.35. The molecular weight excluding hydrogens is 372 g/mol. The van der Waals surface area contributed by atoms with E-state index >= 15 is 0 Å². The summed E-state index contributed by atoms with van der Waals surface area (Å²) in [5.74, 6) is 0.0233. The fourth-order valence-corrected chi connectivity index (χ4v) is 4.78. The number of nitrogens with one attached hydrogen (secondary N) is 1. The van der Waals surface area contributed by atoms with Gasteiger partial charge in [-0.25, -0.2) is 8.42 Å². The van der Waals surface area contributed by atoms with Crippen molar-refractivity contribution in [2.75, 3.05) is 11.3 Å². The van der Waals surface area contributed by atoms with Crippen molar-refractivity contribution in [2.45, 2.75) is 57.4 Å². The van der Waals surface area contributed by atoms with E-state index in [9.17, 15) is 13.2 Å². The highest BCUT2D eigenvalue weighted by molar-refractivity contribution is 7.92. The van der Waals surface area contributed by atoms with Crippen molar-refractivity contribution in [1.82, 2.24) is 4.90 Å². The number of rotatable bonds is 5. The van der Waals surface area contributed by atoms with Crippen LogP contribution in [0.1, 0.15) is 54.1 Å². The molecule has 3 rings (SSSR count). The number of sulfonamides is 1. The molecule has 1 fully saturated rings. The van der Waals surface area contributed by atoms with Gasteiger partial charge in [-0.3, -0.25) is 9.52 Å². The average Bonchev–Trinajstić information content (AvgIpc) is 2.69. The molecule has 2 aromatic carbocycles. The molecule has 5 nitrogen and oxygen atoms in total. The summed E-state index contributed by atoms with van der Waals surface area (Å²) in [5.41, 5.74) is 3.01. The van der Waals surface area contributed by atoms with E-state index in [1.54, 1.807) is 42.5 Å². The molecule has 6 heteroatoms. The zero-order valence-corrected chi connectivity index (χ0v) is 17.6. The van der Waals surface area contributed by atoms with E-state index in [2.05, 4.69) is 11.6 Å². The van der Waals surface area contributed by atoms with Crippen LogP contribution in [-0.4, -0.2) is 31.8 Å². The number of likely N-dealkylation sites (tertiary alicyclic amines) is 1. The summed E-state index contributed by atoms with van der Waals surface area (Å²) < 4.78 is 27.8. The highest BCUT2D eigenvalue weighted by Crippen LogP contribution is 2.23. The minimum absolute atomic E-state index is 0.0233. The molecule has 150 valence electrons. The zero-order valence-electron chi connectivity index (χ0n) is 16.7. The Balaban J connectivity index is 1.75. The van der Waals surface area contributed by atoms with Gasteiger partial charge in [-0.15, -0.1) is 0 Å². The Morgan fingerprint density at radius 3 is 2.43 bits per heavy atom. The molecule has 1 N–H and O–H groups in total. The van der Waals surface area contributed by atoms with E-state index in [0.29, 0.717) is 17.3 Å². The molecule has 0 bridgehead atoms. The molecule has 0 saturated carbocycles. The van der Waals surface area contributed by atoms with Crippen molar-refractivity contribution in [3.8, 4) is 0 Å². The first-order valence-electron chi connectivity index (χ1n) is 9.83. The van der Waals surface area contributed by atoms with Crippen molar-refractivity contribution in [1.29, 1.82) is 0 Å². The number of piperidine rings is 1. The molecule has 28 heavy (non-hydrogen) atoms. The molecule has 0 spiro atoms. The van der Waals surface area contributed by atoms with Crippen LogP contribution < -0.4 is 4.72 Å². The van der Waals surface area contributed by atoms with Crippen LogP contribution in [0.5, 0.6) is 0 Å². The van der Waals surface area contributed by atoms with Crippen LogP contribution in [0.3, 0.4) is 0 Å². The topological polar surface area (TPSA) is 66.5 Å². The fourth-order valence-electron chi connectivity index (χ4n) is 3.63. The van der Waals surface area contributed by atoms with Gasteiger partial charge in [-0.1, -0.05) is 13.0 Å². The van der Waals surface area contributed by atoms with Crippen LogP contribution in [-0.2, 0) is 10.0 Å². The van der Waals surface area contributed by atoms with Gasteiger partial charge in [0.05, 0.1) is 4.90 Å². The highest BCUT2D eigenvalue weighted by Gasteiger charge is 2.26. The maximum atomic E-state index is 12.8. The summed E-state index contributed by atoms with van der Waals surface area (Å²) in [4.78, 5) is 15.0. The quantitative estimate of drug-likeness (QED) is 0.803. The number of benzene rings is 2. The first-order valence-corrected chi connectivity index (χ1v) is 11.3. The molecule has 2 aromatic rings. The number of carbonyl (C=O) groups is 1. The third-order valence-corrected chi connectivity index (χ3v) is 6.91. The number of anilines is 1. The van der Waals surface area contributed by atoms with Gasteiger partial charge < -0.3 is 4.90 Å². The summed E-state index contributed by atoms with van der Waals surface area (Å²) in [6.45, 7) is 6.73. The smallest absolute Gasteiger partial charge is 0.261 e. The molecule has 1 heterocycles. The van der Waals surface area contributed by atoms with Gasteiger partial charge in [0.25, 0.3) is 15.9 Å². The van der Waals surface area contributed by atoms with Crippen molar-refractivity contribution in [2.24, 2.45) is 0 Å². The summed E-state index contributed by atoms with van der Waals surface area (Å²) in [7, 11) is -3.66. The largest absolute Gasteiger partial charge is 0.336 e. The number of hydrogen-bond donors (Lipinski definition) is 1. The zero-order chi connectivity index (χ0) is 20.3. The Bertz CT molecular complexity index is 952. The molecule has 0 aromatic heterocycles. The molecule has 0 aliphatic carbocycles. The predicted molar refractivity (Wildman–Crippen MR) is 112 cm³/mol. The summed E-state index contributed by atoms with van der Waals surface area (Å²) in [6, 6.07) is 12.1. The van der Waals surface area contributed by atoms with Gasteiger partial charge in [-0.05, 0) is 87.1 Å². The Morgan fingerprint density at radius 2 is 1.79 bits per heavy atom. The third kappa shape index (κ3) is 4.38. The van der Waals surface area contributed by atoms with E-state index in [1.165, 1.54) is 6.42 Å². The fraction of sp³-hybridized carbons (Fsp3) is 0.409. The average molecular weight is 401 g/mol. The van der Waals surface area contributed by atoms with Gasteiger partial charge >= 0.3 is 0 Å². The van der Waals surface area contributed by atoms with Gasteiger partial charge in [0.1, 0.15) is 0 Å². The Morgan fingerprint density at radius 1 is 1.07 bits per heavy atom. The van der Waals surface area contributed by atoms with Crippen LogP contribution in [0.4, 0.5) is 5.69 Å². The van der Waals surface area contributed by atoms with Crippen molar-refractivity contribution in [3.05, 3.63) is 59.2 Å². The molecule has 1 atom stereocenters. The minimum Gasteiger partial charge on any atom is -0.336 e. The number of hydrogen-bond acceptors (Lipinski definition) is 3. The normalized spacial score (nSPS) is 17.4. The number of nitrogens with zero attached hydrogens (tertiary/aromatic N) is 1. The summed E-state index contributed by atoms with van der Waals surface area (Å²) in [5, 5.41) is 0. The van der Waals surface area contributed by atoms with Crippen LogP contribution >= 0.6 is 0 Å². The maximum absolute atomic E-state index is 12.8. The lowest BCUT2D eigenvalue weighted by atomic mass is 9.99. The third-order valence-electron chi connectivity index (χ3n) is 5.53. The molecular formula is C22H28N2O3S. The maximum Gasteiger partial charge on any atom is 0.261 e. The van der Waals surface area contributed by atoms with Crippen molar-refractivity contribution >= 4 is 21.6 Å². The van der Waals surface area contributed by atoms with Gasteiger partial charge in [-0.2, -0.15) is 0 Å². The van der Waals surface area contributed by atoms with E-state index in [4.69, 9.17) is 0 Å². The first kappa shape index (κ1) is 20.4. The van der Waals surface area contributed by atoms with Crippen LogP contribution in [0.2, 0.25) is 0 Å². The molecule has 1 aliphatic heterocycles. The monoisotopic (exact) mass is 400 g/mol. The lowest BCUT2D eigenvalue weighted by molar-refractivity contribution is 0.0608. The summed E-state index contributed by atoms with van der Waals surface area (Å²) >= 11 is 0. The molecule has 0 radical (unpaired) electrons. The van der Waals surface area contributed by atoms with Crippen LogP contribution in [0.15, 0.2) is 47.4 Å². The second-order valence-corrected chi connectivity index (χ2v) is 9.17. The number of aryl methyl sites for hydroxylation is 2. The SMILES string of the molecule is CCC1CCCCN1C(=O)c1ccc(NS(=O)(=O)c2ccc(C)c(C)c2)cc1. The lowest BCUT2D eigenvalue weighted by Crippen LogP contribution is -2.43. The van der Waals surface area contributed by atoms with Crippen molar-refractivity contribution < 1.29 is 13.2 Å². The minimum atomic E-state index is -3.66. The second-order valence-electron chi connectivity index (χ2n) is 7.49. The van der Waals surface area contributed by atoms with E-state index in [0.717, 1.165) is 36.9 Å². The van der Waals surface area contributed by atoms with Gasteiger partial charge in [0.15, 0.2) is 0 Å². The van der Waals surface area contributed by atoms with Gasteiger partial charge in [0, 0.05) is 23.8 Å². The van der Waals surface area contributed by atoms with E-state index < -0.39 is 10.0 Å². The first-order chi connectivity index (χ1) is 13.3. The Kier molecular flexibility index (Phi) is 6.08. The Labute approximate surface area is 167 Å². The standard InChI is InChI=1S/C22H28N2O3S/c1-4-20-7-5-6-14-24(20)22(25)18-9-11-19(12-10-18)23-28(26,27)21-13-8-16(2)17(3)15-21/h8-13,15,20,23H,4-7,14H2,1-3H3. The highest BCUT2D eigenvalue weighted by atomic mass is 32.2. The number of carbonyl (C=O) groups excluding carboxylic acids is 1. The molecule has 1 amide bonds. The predicted octanol–water partition coefficient (Wildman–Crippen LogP) is 4.51.